The van der Waals surface area contributed by atoms with E-state index < -0.39 is 0 Å². The van der Waals surface area contributed by atoms with Crippen LogP contribution in [0.3, 0.4) is 0 Å². The fraction of sp³-hybridized carbons (Fsp3) is 0.625. The Bertz CT molecular complexity index is 388. The molecule has 2 rings (SSSR count). The van der Waals surface area contributed by atoms with Gasteiger partial charge in [0.1, 0.15) is 0 Å². The maximum absolute atomic E-state index is 5.99. The molecule has 1 fully saturated rings. The summed E-state index contributed by atoms with van der Waals surface area (Å²) in [5.74, 6) is 0. The second-order valence-corrected chi connectivity index (χ2v) is 5.81. The first kappa shape index (κ1) is 14.5. The summed E-state index contributed by atoms with van der Waals surface area (Å²) in [6.07, 6.45) is 0.226. The second kappa shape index (κ2) is 6.51. The minimum Gasteiger partial charge on any atom is -0.374 e. The minimum absolute atomic E-state index is 0.226. The van der Waals surface area contributed by atoms with Crippen molar-refractivity contribution in [1.29, 1.82) is 0 Å². The van der Waals surface area contributed by atoms with Crippen LogP contribution in [0.25, 0.3) is 0 Å². The lowest BCUT2D eigenvalue weighted by molar-refractivity contribution is -0.0620. The van der Waals surface area contributed by atoms with Crippen molar-refractivity contribution in [2.75, 3.05) is 26.7 Å². The first-order valence-electron chi connectivity index (χ1n) is 7.19. The van der Waals surface area contributed by atoms with Gasteiger partial charge in [0.25, 0.3) is 0 Å². The van der Waals surface area contributed by atoms with E-state index in [1.807, 2.05) is 0 Å². The maximum atomic E-state index is 5.99. The zero-order valence-electron chi connectivity index (χ0n) is 12.5. The smallest absolute Gasteiger partial charge is 0.0896 e. The van der Waals surface area contributed by atoms with Crippen LogP contribution in [-0.2, 0) is 4.74 Å². The molecule has 3 heteroatoms. The molecule has 1 aromatic carbocycles. The number of nitrogens with zero attached hydrogens (tertiary/aromatic N) is 1. The van der Waals surface area contributed by atoms with Gasteiger partial charge in [0, 0.05) is 19.1 Å². The highest BCUT2D eigenvalue weighted by atomic mass is 16.5. The molecule has 1 aromatic rings. The summed E-state index contributed by atoms with van der Waals surface area (Å²) in [4.78, 5) is 2.40. The van der Waals surface area contributed by atoms with E-state index in [0.29, 0.717) is 12.1 Å². The fourth-order valence-electron chi connectivity index (χ4n) is 2.62. The standard InChI is InChI=1S/C16H26N2O/c1-12(2)17-11-15-16(18(4)9-10-19-15)14-7-5-13(3)6-8-14/h5-8,12,15-17H,9-11H2,1-4H3. The summed E-state index contributed by atoms with van der Waals surface area (Å²) < 4.78 is 5.99. The first-order chi connectivity index (χ1) is 9.08. The zero-order valence-corrected chi connectivity index (χ0v) is 12.5. The van der Waals surface area contributed by atoms with Gasteiger partial charge < -0.3 is 10.1 Å². The van der Waals surface area contributed by atoms with E-state index in [1.54, 1.807) is 0 Å². The normalized spacial score (nSPS) is 24.9. The molecule has 1 aliphatic rings. The summed E-state index contributed by atoms with van der Waals surface area (Å²) >= 11 is 0. The summed E-state index contributed by atoms with van der Waals surface area (Å²) in [5.41, 5.74) is 2.66. The van der Waals surface area contributed by atoms with Gasteiger partial charge in [-0.1, -0.05) is 43.7 Å². The van der Waals surface area contributed by atoms with Crippen LogP contribution >= 0.6 is 0 Å². The molecule has 0 saturated carbocycles. The molecular weight excluding hydrogens is 236 g/mol. The number of hydrogen-bond acceptors (Lipinski definition) is 3. The second-order valence-electron chi connectivity index (χ2n) is 5.81. The number of likely N-dealkylation sites (N-methyl/N-ethyl adjacent to an activating group) is 1. The van der Waals surface area contributed by atoms with Crippen molar-refractivity contribution < 1.29 is 4.74 Å². The van der Waals surface area contributed by atoms with Crippen molar-refractivity contribution >= 4 is 0 Å². The first-order valence-corrected chi connectivity index (χ1v) is 7.19. The van der Waals surface area contributed by atoms with Gasteiger partial charge in [0.05, 0.1) is 18.8 Å². The van der Waals surface area contributed by atoms with Crippen LogP contribution in [-0.4, -0.2) is 43.8 Å². The van der Waals surface area contributed by atoms with Crippen LogP contribution in [0.4, 0.5) is 0 Å². The van der Waals surface area contributed by atoms with Gasteiger partial charge >= 0.3 is 0 Å². The average Bonchev–Trinajstić information content (AvgIpc) is 2.38. The van der Waals surface area contributed by atoms with Crippen molar-refractivity contribution in [3.63, 3.8) is 0 Å². The maximum Gasteiger partial charge on any atom is 0.0896 e. The van der Waals surface area contributed by atoms with Crippen LogP contribution in [0.2, 0.25) is 0 Å². The number of aryl methyl sites for hydroxylation is 1. The predicted octanol–water partition coefficient (Wildman–Crippen LogP) is 2.36. The Morgan fingerprint density at radius 1 is 1.32 bits per heavy atom. The summed E-state index contributed by atoms with van der Waals surface area (Å²) in [5, 5.41) is 3.50. The Balaban J connectivity index is 2.13. The lowest BCUT2D eigenvalue weighted by Crippen LogP contribution is -2.48. The summed E-state index contributed by atoms with van der Waals surface area (Å²) in [7, 11) is 2.19. The van der Waals surface area contributed by atoms with Crippen LogP contribution < -0.4 is 5.32 Å². The van der Waals surface area contributed by atoms with Gasteiger partial charge in [-0.05, 0) is 19.5 Å². The fourth-order valence-corrected chi connectivity index (χ4v) is 2.62. The van der Waals surface area contributed by atoms with Gasteiger partial charge in [0.15, 0.2) is 0 Å². The summed E-state index contributed by atoms with van der Waals surface area (Å²) in [6, 6.07) is 9.67. The lowest BCUT2D eigenvalue weighted by Gasteiger charge is -2.40. The van der Waals surface area contributed by atoms with Crippen molar-refractivity contribution in [3.8, 4) is 0 Å². The SMILES string of the molecule is Cc1ccc(C2C(CNC(C)C)OCCN2C)cc1. The van der Waals surface area contributed by atoms with E-state index in [0.717, 1.165) is 19.7 Å². The molecule has 1 saturated heterocycles. The number of benzene rings is 1. The predicted molar refractivity (Wildman–Crippen MR) is 79.4 cm³/mol. The Kier molecular flexibility index (Phi) is 4.97. The Hall–Kier alpha value is -0.900. The molecule has 106 valence electrons. The molecule has 0 radical (unpaired) electrons. The largest absolute Gasteiger partial charge is 0.374 e. The van der Waals surface area contributed by atoms with Crippen LogP contribution in [0.15, 0.2) is 24.3 Å². The van der Waals surface area contributed by atoms with Crippen molar-refractivity contribution in [2.45, 2.75) is 39.0 Å². The molecule has 1 aliphatic heterocycles. The van der Waals surface area contributed by atoms with Crippen LogP contribution in [0.1, 0.15) is 31.0 Å². The minimum atomic E-state index is 0.226. The molecule has 2 unspecified atom stereocenters. The van der Waals surface area contributed by atoms with Crippen LogP contribution in [0.5, 0.6) is 0 Å². The Morgan fingerprint density at radius 2 is 2.00 bits per heavy atom. The summed E-state index contributed by atoms with van der Waals surface area (Å²) in [6.45, 7) is 9.20. The molecule has 0 aromatic heterocycles. The van der Waals surface area contributed by atoms with Gasteiger partial charge in [-0.3, -0.25) is 4.90 Å². The van der Waals surface area contributed by atoms with Gasteiger partial charge in [-0.15, -0.1) is 0 Å². The van der Waals surface area contributed by atoms with Gasteiger partial charge in [0.2, 0.25) is 0 Å². The molecule has 2 atom stereocenters. The topological polar surface area (TPSA) is 24.5 Å². The van der Waals surface area contributed by atoms with Gasteiger partial charge in [-0.25, -0.2) is 0 Å². The van der Waals surface area contributed by atoms with E-state index in [9.17, 15) is 0 Å². The van der Waals surface area contributed by atoms with Crippen molar-refractivity contribution in [1.82, 2.24) is 10.2 Å². The number of ether oxygens (including phenoxy) is 1. The molecule has 1 heterocycles. The van der Waals surface area contributed by atoms with E-state index in [4.69, 9.17) is 4.74 Å². The third-order valence-corrected chi connectivity index (χ3v) is 3.75. The third-order valence-electron chi connectivity index (χ3n) is 3.75. The number of hydrogen-bond donors (Lipinski definition) is 1. The Labute approximate surface area is 116 Å². The third kappa shape index (κ3) is 3.78. The van der Waals surface area contributed by atoms with Crippen molar-refractivity contribution in [3.05, 3.63) is 35.4 Å². The zero-order chi connectivity index (χ0) is 13.8. The molecule has 3 nitrogen and oxygen atoms in total. The van der Waals surface area contributed by atoms with Gasteiger partial charge in [-0.2, -0.15) is 0 Å². The molecule has 0 amide bonds. The quantitative estimate of drug-likeness (QED) is 0.901. The molecule has 0 spiro atoms. The molecule has 1 N–H and O–H groups in total. The number of morpholine rings is 1. The molecule has 19 heavy (non-hydrogen) atoms. The monoisotopic (exact) mass is 262 g/mol. The van der Waals surface area contributed by atoms with E-state index in [-0.39, 0.29) is 6.10 Å². The van der Waals surface area contributed by atoms with Crippen molar-refractivity contribution in [2.24, 2.45) is 0 Å². The molecular formula is C16H26N2O. The van der Waals surface area contributed by atoms with E-state index in [1.165, 1.54) is 11.1 Å². The highest BCUT2D eigenvalue weighted by Gasteiger charge is 2.31. The number of rotatable bonds is 4. The number of nitrogens with one attached hydrogen (secondary N) is 1. The van der Waals surface area contributed by atoms with E-state index in [2.05, 4.69) is 62.3 Å². The average molecular weight is 262 g/mol. The Morgan fingerprint density at radius 3 is 2.63 bits per heavy atom. The van der Waals surface area contributed by atoms with E-state index >= 15 is 0 Å². The molecule has 0 bridgehead atoms. The lowest BCUT2D eigenvalue weighted by atomic mass is 9.97. The van der Waals surface area contributed by atoms with Crippen LogP contribution in [0, 0.1) is 6.92 Å². The highest BCUT2D eigenvalue weighted by Crippen LogP contribution is 2.28. The molecule has 0 aliphatic carbocycles. The highest BCUT2D eigenvalue weighted by molar-refractivity contribution is 5.25.